The molecule has 0 atom stereocenters. The highest BCUT2D eigenvalue weighted by Crippen LogP contribution is 2.36. The normalized spacial score (nSPS) is 11.5. The van der Waals surface area contributed by atoms with Crippen molar-refractivity contribution >= 4 is 64.8 Å². The minimum atomic E-state index is -1.20. The Morgan fingerprint density at radius 1 is 1.11 bits per heavy atom. The highest BCUT2D eigenvalue weighted by molar-refractivity contribution is 14.1. The molecule has 0 saturated carbocycles. The molecule has 0 aliphatic carbocycles. The Morgan fingerprint density at radius 2 is 1.81 bits per heavy atom. The zero-order valence-electron chi connectivity index (χ0n) is 20.6. The van der Waals surface area contributed by atoms with E-state index in [9.17, 15) is 8.78 Å². The summed E-state index contributed by atoms with van der Waals surface area (Å²) in [4.78, 5) is 4.44. The van der Waals surface area contributed by atoms with Crippen LogP contribution in [-0.4, -0.2) is 29.4 Å². The van der Waals surface area contributed by atoms with Crippen LogP contribution >= 0.6 is 34.8 Å². The van der Waals surface area contributed by atoms with Gasteiger partial charge in [-0.25, -0.2) is 13.8 Å². The van der Waals surface area contributed by atoms with Crippen LogP contribution in [0.2, 0.25) is 25.7 Å². The van der Waals surface area contributed by atoms with Crippen molar-refractivity contribution in [1.82, 2.24) is 9.55 Å². The zero-order valence-corrected chi connectivity index (χ0v) is 24.5. The number of rotatable bonds is 9. The van der Waals surface area contributed by atoms with Crippen molar-refractivity contribution in [3.05, 3.63) is 76.1 Å². The van der Waals surface area contributed by atoms with Crippen LogP contribution < -0.4 is 14.8 Å². The van der Waals surface area contributed by atoms with Crippen molar-refractivity contribution < 1.29 is 23.0 Å². The Hall–Kier alpha value is -2.61. The van der Waals surface area contributed by atoms with Gasteiger partial charge in [0, 0.05) is 48.5 Å². The second kappa shape index (κ2) is 11.8. The summed E-state index contributed by atoms with van der Waals surface area (Å²) in [6.45, 7) is 7.88. The number of fused-ring (bicyclic) bond motifs is 1. The maximum Gasteiger partial charge on any atom is 0.266 e. The van der Waals surface area contributed by atoms with E-state index >= 15 is 0 Å². The second-order valence-corrected chi connectivity index (χ2v) is 16.7. The lowest BCUT2D eigenvalue weighted by Gasteiger charge is -2.15. The van der Waals surface area contributed by atoms with Crippen LogP contribution in [0.5, 0.6) is 17.2 Å². The number of halogens is 3. The lowest BCUT2D eigenvalue weighted by molar-refractivity contribution is 0.0898. The Labute approximate surface area is 234 Å². The predicted octanol–water partition coefficient (Wildman–Crippen LogP) is 7.80. The maximum absolute atomic E-state index is 15.0. The second-order valence-electron chi connectivity index (χ2n) is 9.50. The number of hydrogen-bond donors (Lipinski definition) is 1. The molecule has 0 fully saturated rings. The first-order chi connectivity index (χ1) is 17.6. The van der Waals surface area contributed by atoms with Gasteiger partial charge in [-0.15, -0.1) is 0 Å². The third-order valence-corrected chi connectivity index (χ3v) is 8.02. The number of benzene rings is 2. The standard InChI is InChI=1S/C26H26F2IN3O3SSi/c1-37(2,3)12-11-33-16-32-15-21(29)23-22(9-10-30-25(23)32)35-24-19(27)13-17(14-20(24)28)31-26(36)34-18-7-5-4-6-8-18/h4-10,13-15H,11-12,16H2,1-3H3,(H,31,36). The topological polar surface area (TPSA) is 57.5 Å². The molecular weight excluding hydrogens is 627 g/mol. The molecule has 194 valence electrons. The minimum Gasteiger partial charge on any atom is -0.450 e. The van der Waals surface area contributed by atoms with Crippen molar-refractivity contribution in [2.24, 2.45) is 0 Å². The molecule has 6 nitrogen and oxygen atoms in total. The third kappa shape index (κ3) is 7.24. The van der Waals surface area contributed by atoms with Crippen LogP contribution in [0.3, 0.4) is 0 Å². The molecular formula is C26H26F2IN3O3SSi. The molecule has 2 aromatic carbocycles. The van der Waals surface area contributed by atoms with E-state index in [1.165, 1.54) is 6.20 Å². The first-order valence-electron chi connectivity index (χ1n) is 11.5. The van der Waals surface area contributed by atoms with Gasteiger partial charge in [0.1, 0.15) is 23.9 Å². The summed E-state index contributed by atoms with van der Waals surface area (Å²) >= 11 is 7.29. The van der Waals surface area contributed by atoms with Gasteiger partial charge in [0.2, 0.25) is 0 Å². The summed E-state index contributed by atoms with van der Waals surface area (Å²) in [5, 5.41) is 3.29. The van der Waals surface area contributed by atoms with Crippen molar-refractivity contribution in [3.8, 4) is 17.2 Å². The summed E-state index contributed by atoms with van der Waals surface area (Å²) in [7, 11) is -1.20. The minimum absolute atomic E-state index is 0.0440. The highest BCUT2D eigenvalue weighted by atomic mass is 127. The Morgan fingerprint density at radius 3 is 2.49 bits per heavy atom. The van der Waals surface area contributed by atoms with Crippen molar-refractivity contribution in [2.75, 3.05) is 11.9 Å². The van der Waals surface area contributed by atoms with Crippen LogP contribution in [0.4, 0.5) is 14.5 Å². The molecule has 0 aliphatic heterocycles. The van der Waals surface area contributed by atoms with E-state index in [2.05, 4.69) is 52.5 Å². The van der Waals surface area contributed by atoms with Crippen molar-refractivity contribution in [3.63, 3.8) is 0 Å². The highest BCUT2D eigenvalue weighted by Gasteiger charge is 2.19. The number of thiocarbonyl (C=S) groups is 1. The molecule has 0 spiro atoms. The number of nitrogens with one attached hydrogen (secondary N) is 1. The molecule has 2 heterocycles. The molecule has 0 saturated heterocycles. The number of anilines is 1. The van der Waals surface area contributed by atoms with Crippen molar-refractivity contribution in [1.29, 1.82) is 0 Å². The molecule has 4 aromatic rings. The van der Waals surface area contributed by atoms with Gasteiger partial charge < -0.3 is 24.1 Å². The smallest absolute Gasteiger partial charge is 0.266 e. The lowest BCUT2D eigenvalue weighted by atomic mass is 10.2. The first-order valence-corrected chi connectivity index (χ1v) is 16.7. The Bertz CT molecular complexity index is 1390. The fourth-order valence-electron chi connectivity index (χ4n) is 3.44. The molecule has 0 amide bonds. The van der Waals surface area contributed by atoms with E-state index in [4.69, 9.17) is 26.4 Å². The number of aromatic nitrogens is 2. The van der Waals surface area contributed by atoms with Gasteiger partial charge in [-0.05, 0) is 59.1 Å². The van der Waals surface area contributed by atoms with E-state index in [0.29, 0.717) is 30.1 Å². The zero-order chi connectivity index (χ0) is 26.6. The van der Waals surface area contributed by atoms with Gasteiger partial charge in [-0.2, -0.15) is 0 Å². The molecule has 0 aliphatic rings. The molecule has 1 N–H and O–H groups in total. The molecule has 0 unspecified atom stereocenters. The average molecular weight is 654 g/mol. The van der Waals surface area contributed by atoms with E-state index in [1.54, 1.807) is 30.3 Å². The van der Waals surface area contributed by atoms with Crippen molar-refractivity contribution in [2.45, 2.75) is 32.4 Å². The van der Waals surface area contributed by atoms with E-state index in [0.717, 1.165) is 21.7 Å². The lowest BCUT2D eigenvalue weighted by Crippen LogP contribution is -2.22. The number of pyridine rings is 1. The number of hydrogen-bond acceptors (Lipinski definition) is 5. The van der Waals surface area contributed by atoms with Gasteiger partial charge >= 0.3 is 0 Å². The summed E-state index contributed by atoms with van der Waals surface area (Å²) in [6.07, 6.45) is 3.42. The molecule has 0 radical (unpaired) electrons. The average Bonchev–Trinajstić information content (AvgIpc) is 3.15. The summed E-state index contributed by atoms with van der Waals surface area (Å²) in [6, 6.07) is 13.7. The summed E-state index contributed by atoms with van der Waals surface area (Å²) in [5.74, 6) is -1.51. The van der Waals surface area contributed by atoms with E-state index in [1.807, 2.05) is 16.8 Å². The van der Waals surface area contributed by atoms with Crippen LogP contribution in [0.1, 0.15) is 0 Å². The Balaban J connectivity index is 1.50. The molecule has 37 heavy (non-hydrogen) atoms. The maximum atomic E-state index is 15.0. The third-order valence-electron chi connectivity index (χ3n) is 5.31. The molecule has 2 aromatic heterocycles. The summed E-state index contributed by atoms with van der Waals surface area (Å²) < 4.78 is 49.7. The fraction of sp³-hybridized carbons (Fsp3) is 0.231. The monoisotopic (exact) mass is 653 g/mol. The van der Waals surface area contributed by atoms with Crippen LogP contribution in [-0.2, 0) is 11.5 Å². The van der Waals surface area contributed by atoms with Gasteiger partial charge in [-0.1, -0.05) is 37.8 Å². The van der Waals surface area contributed by atoms with E-state index in [-0.39, 0.29) is 16.6 Å². The number of nitrogens with zero attached hydrogens (tertiary/aromatic N) is 2. The largest absolute Gasteiger partial charge is 0.450 e. The predicted molar refractivity (Wildman–Crippen MR) is 156 cm³/mol. The summed E-state index contributed by atoms with van der Waals surface area (Å²) in [5.41, 5.74) is 0.705. The molecule has 4 rings (SSSR count). The Kier molecular flexibility index (Phi) is 8.77. The fourth-order valence-corrected chi connectivity index (χ4v) is 5.26. The number of para-hydroxylation sites is 1. The van der Waals surface area contributed by atoms with Gasteiger partial charge in [0.05, 0.1) is 5.39 Å². The SMILES string of the molecule is C[Si](C)(C)CCOCn1cc(I)c2c(Oc3c(F)cc(NC(=S)Oc4ccccc4)cc3F)ccnc21. The van der Waals surface area contributed by atoms with Crippen LogP contribution in [0.25, 0.3) is 11.0 Å². The van der Waals surface area contributed by atoms with Crippen LogP contribution in [0, 0.1) is 15.2 Å². The number of ether oxygens (including phenoxy) is 3. The quantitative estimate of drug-likeness (QED) is 0.0862. The van der Waals surface area contributed by atoms with Gasteiger partial charge in [0.15, 0.2) is 17.4 Å². The molecule has 11 heteroatoms. The first kappa shape index (κ1) is 27.4. The van der Waals surface area contributed by atoms with Gasteiger partial charge in [0.25, 0.3) is 5.17 Å². The molecule has 0 bridgehead atoms. The van der Waals surface area contributed by atoms with Crippen LogP contribution in [0.15, 0.2) is 60.9 Å². The van der Waals surface area contributed by atoms with Gasteiger partial charge in [-0.3, -0.25) is 0 Å². The van der Waals surface area contributed by atoms with E-state index < -0.39 is 25.5 Å².